The maximum atomic E-state index is 13.3. The number of nitrogens with one attached hydrogen (secondary N) is 1. The second-order valence-corrected chi connectivity index (χ2v) is 10.0. The Morgan fingerprint density at radius 1 is 0.971 bits per heavy atom. The van der Waals surface area contributed by atoms with Gasteiger partial charge in [0.15, 0.2) is 12.4 Å². The van der Waals surface area contributed by atoms with Crippen molar-refractivity contribution in [2.75, 3.05) is 5.32 Å². The molecule has 2 aromatic carbocycles. The van der Waals surface area contributed by atoms with Crippen LogP contribution in [0, 0.1) is 0 Å². The van der Waals surface area contributed by atoms with Crippen molar-refractivity contribution in [1.29, 1.82) is 0 Å². The van der Waals surface area contributed by atoms with Crippen LogP contribution >= 0.6 is 23.2 Å². The van der Waals surface area contributed by atoms with Gasteiger partial charge in [-0.3, -0.25) is 14.2 Å². The molecule has 1 N–H and O–H groups in total. The van der Waals surface area contributed by atoms with E-state index in [-0.39, 0.29) is 53.8 Å². The number of halogens is 3. The fourth-order valence-corrected chi connectivity index (χ4v) is 4.93. The Morgan fingerprint density at radius 2 is 1.57 bits per heavy atom. The molecule has 0 spiro atoms. The molecule has 0 aliphatic rings. The van der Waals surface area contributed by atoms with Crippen molar-refractivity contribution < 1.29 is 41.8 Å². The topological polar surface area (TPSA) is 111 Å². The van der Waals surface area contributed by atoms with Gasteiger partial charge >= 0.3 is 5.69 Å². The van der Waals surface area contributed by atoms with E-state index in [9.17, 15) is 22.8 Å². The van der Waals surface area contributed by atoms with Crippen LogP contribution in [-0.2, 0) is 28.4 Å². The molecule has 2 aromatic heterocycles. The zero-order valence-corrected chi connectivity index (χ0v) is 22.5. The maximum Gasteiger partial charge on any atom is 0.346 e. The molecule has 4 rings (SSSR count). The Bertz CT molecular complexity index is 1650. The van der Waals surface area contributed by atoms with E-state index in [1.54, 1.807) is 29.1 Å². The van der Waals surface area contributed by atoms with Gasteiger partial charge < -0.3 is 29.3 Å². The number of nitrogens with zero attached hydrogens (tertiary/aromatic N) is 3. The maximum absolute atomic E-state index is 13.3. The molecule has 13 heteroatoms. The summed E-state index contributed by atoms with van der Waals surface area (Å²) in [7, 11) is -2.78. The van der Waals surface area contributed by atoms with Crippen LogP contribution in [0.5, 0.6) is 0 Å². The normalized spacial score (nSPS) is 11.2. The SMILES string of the molecule is C[n+]1ccc(NC(=O)Cn2c(=O)n(S(=O)(=O)c3ccc(Cl)cc3)c(=O)c3ccc(Cl)cc32)cc1.[I-]. The van der Waals surface area contributed by atoms with Gasteiger partial charge in [-0.2, -0.15) is 0 Å². The van der Waals surface area contributed by atoms with Gasteiger partial charge in [0.25, 0.3) is 15.6 Å². The van der Waals surface area contributed by atoms with Crippen LogP contribution in [-0.4, -0.2) is 22.9 Å². The number of carbonyl (C=O) groups is 1. The number of hydrogen-bond acceptors (Lipinski definition) is 5. The molecule has 4 aromatic rings. The lowest BCUT2D eigenvalue weighted by molar-refractivity contribution is -0.671. The minimum Gasteiger partial charge on any atom is -1.00 e. The lowest BCUT2D eigenvalue weighted by Gasteiger charge is -2.14. The molecule has 0 saturated heterocycles. The highest BCUT2D eigenvalue weighted by Gasteiger charge is 2.26. The zero-order chi connectivity index (χ0) is 24.6. The van der Waals surface area contributed by atoms with E-state index in [1.165, 1.54) is 42.5 Å². The summed E-state index contributed by atoms with van der Waals surface area (Å²) in [5, 5.41) is 3.03. The first kappa shape index (κ1) is 26.9. The van der Waals surface area contributed by atoms with E-state index < -0.39 is 33.7 Å². The Labute approximate surface area is 226 Å². The summed E-state index contributed by atoms with van der Waals surface area (Å²) in [5.41, 5.74) is -1.76. The number of benzene rings is 2. The zero-order valence-electron chi connectivity index (χ0n) is 18.0. The van der Waals surface area contributed by atoms with Crippen LogP contribution in [0.2, 0.25) is 10.0 Å². The highest BCUT2D eigenvalue weighted by molar-refractivity contribution is 7.90. The van der Waals surface area contributed by atoms with Crippen molar-refractivity contribution >= 4 is 55.7 Å². The molecule has 182 valence electrons. The van der Waals surface area contributed by atoms with Crippen molar-refractivity contribution in [2.45, 2.75) is 11.4 Å². The molecule has 0 fully saturated rings. The molecule has 0 aliphatic heterocycles. The van der Waals surface area contributed by atoms with Gasteiger partial charge in [-0.25, -0.2) is 17.8 Å². The van der Waals surface area contributed by atoms with Crippen LogP contribution in [0.3, 0.4) is 0 Å². The molecular formula is C22H17Cl2IN4O5S. The standard InChI is InChI=1S/C22H16Cl2N4O5S.HI/c1-26-10-8-16(9-11-26)25-20(29)13-27-19-12-15(24)4-7-18(19)21(30)28(22(27)31)34(32,33)17-5-2-14(23)3-6-17;/h2-12H,13H2,1H3;1H. The third-order valence-electron chi connectivity index (χ3n) is 4.99. The van der Waals surface area contributed by atoms with Crippen LogP contribution in [0.15, 0.2) is 81.5 Å². The fraction of sp³-hybridized carbons (Fsp3) is 0.0909. The van der Waals surface area contributed by atoms with Crippen LogP contribution in [0.4, 0.5) is 5.69 Å². The number of anilines is 1. The number of rotatable bonds is 5. The third kappa shape index (κ3) is 5.42. The number of hydrogen-bond donors (Lipinski definition) is 1. The summed E-state index contributed by atoms with van der Waals surface area (Å²) in [4.78, 5) is 38.9. The summed E-state index contributed by atoms with van der Waals surface area (Å²) in [5.74, 6) is -0.605. The molecule has 2 heterocycles. The van der Waals surface area contributed by atoms with Gasteiger partial charge in [0.2, 0.25) is 5.91 Å². The summed E-state index contributed by atoms with van der Waals surface area (Å²) in [6.45, 7) is -0.562. The quantitative estimate of drug-likeness (QED) is 0.225. The molecule has 0 atom stereocenters. The molecule has 1 amide bonds. The predicted molar refractivity (Wildman–Crippen MR) is 128 cm³/mol. The molecule has 0 unspecified atom stereocenters. The van der Waals surface area contributed by atoms with Gasteiger partial charge in [0, 0.05) is 22.2 Å². The van der Waals surface area contributed by atoms with Crippen LogP contribution in [0.1, 0.15) is 0 Å². The summed E-state index contributed by atoms with van der Waals surface area (Å²) in [6.07, 6.45) is 3.44. The summed E-state index contributed by atoms with van der Waals surface area (Å²) < 4.78 is 29.3. The third-order valence-corrected chi connectivity index (χ3v) is 7.14. The summed E-state index contributed by atoms with van der Waals surface area (Å²) >= 11 is 11.9. The van der Waals surface area contributed by atoms with Crippen LogP contribution < -0.4 is 45.1 Å². The van der Waals surface area contributed by atoms with Crippen molar-refractivity contribution in [1.82, 2.24) is 8.54 Å². The number of fused-ring (bicyclic) bond motifs is 1. The van der Waals surface area contributed by atoms with E-state index in [1.807, 2.05) is 7.05 Å². The fourth-order valence-electron chi connectivity index (χ4n) is 3.32. The van der Waals surface area contributed by atoms with Gasteiger partial charge in [0.1, 0.15) is 13.6 Å². The second kappa shape index (κ2) is 10.5. The van der Waals surface area contributed by atoms with E-state index in [0.29, 0.717) is 5.69 Å². The summed E-state index contributed by atoms with van der Waals surface area (Å²) in [6, 6.07) is 12.3. The number of pyridine rings is 1. The molecule has 9 nitrogen and oxygen atoms in total. The van der Waals surface area contributed by atoms with Gasteiger partial charge in [0.05, 0.1) is 21.5 Å². The lowest BCUT2D eigenvalue weighted by Crippen LogP contribution is -3.00. The average molecular weight is 647 g/mol. The Morgan fingerprint density at radius 3 is 2.20 bits per heavy atom. The number of aromatic nitrogens is 3. The van der Waals surface area contributed by atoms with Gasteiger partial charge in [-0.15, -0.1) is 3.97 Å². The molecule has 0 radical (unpaired) electrons. The minimum absolute atomic E-state index is 0. The molecule has 0 saturated carbocycles. The first-order chi connectivity index (χ1) is 16.1. The Hall–Kier alpha value is -2.74. The van der Waals surface area contributed by atoms with E-state index >= 15 is 0 Å². The smallest absolute Gasteiger partial charge is 0.346 e. The molecular weight excluding hydrogens is 630 g/mol. The largest absolute Gasteiger partial charge is 1.00 e. The van der Waals surface area contributed by atoms with Crippen molar-refractivity contribution in [3.63, 3.8) is 0 Å². The second-order valence-electron chi connectivity index (χ2n) is 7.36. The number of carbonyl (C=O) groups excluding carboxylic acids is 1. The predicted octanol–water partition coefficient (Wildman–Crippen LogP) is -0.826. The van der Waals surface area contributed by atoms with Crippen molar-refractivity contribution in [2.24, 2.45) is 7.05 Å². The highest BCUT2D eigenvalue weighted by atomic mass is 127. The van der Waals surface area contributed by atoms with E-state index in [2.05, 4.69) is 5.32 Å². The van der Waals surface area contributed by atoms with Crippen molar-refractivity contribution in [3.8, 4) is 0 Å². The highest BCUT2D eigenvalue weighted by Crippen LogP contribution is 2.19. The van der Waals surface area contributed by atoms with Crippen LogP contribution in [0.25, 0.3) is 10.9 Å². The molecule has 0 aliphatic carbocycles. The first-order valence-corrected chi connectivity index (χ1v) is 12.0. The first-order valence-electron chi connectivity index (χ1n) is 9.79. The van der Waals surface area contributed by atoms with Gasteiger partial charge in [-0.1, -0.05) is 23.2 Å². The van der Waals surface area contributed by atoms with E-state index in [0.717, 1.165) is 4.57 Å². The Balaban J connectivity index is 0.00000342. The number of amides is 1. The molecule has 0 bridgehead atoms. The van der Waals surface area contributed by atoms with Gasteiger partial charge in [-0.05, 0) is 42.5 Å². The minimum atomic E-state index is -4.60. The monoisotopic (exact) mass is 646 g/mol. The lowest BCUT2D eigenvalue weighted by atomic mass is 10.2. The van der Waals surface area contributed by atoms with E-state index in [4.69, 9.17) is 23.2 Å². The van der Waals surface area contributed by atoms with Crippen molar-refractivity contribution in [3.05, 3.63) is 97.9 Å². The number of aryl methyl sites for hydroxylation is 1. The Kier molecular flexibility index (Phi) is 8.04. The average Bonchev–Trinajstić information content (AvgIpc) is 2.78. The molecule has 35 heavy (non-hydrogen) atoms.